The lowest BCUT2D eigenvalue weighted by Gasteiger charge is -2.04. The lowest BCUT2D eigenvalue weighted by molar-refractivity contribution is 0.103. The Bertz CT molecular complexity index is 520. The summed E-state index contributed by atoms with van der Waals surface area (Å²) in [6.45, 7) is 0.823. The van der Waals surface area contributed by atoms with Gasteiger partial charge in [-0.1, -0.05) is 23.7 Å². The SMILES string of the molecule is N#C/C(C(=O)c1cccc(Cl)c1)=C1/CCCN1. The number of nitriles is 1. The van der Waals surface area contributed by atoms with Gasteiger partial charge in [-0.15, -0.1) is 0 Å². The summed E-state index contributed by atoms with van der Waals surface area (Å²) in [6.07, 6.45) is 1.72. The molecule has 86 valence electrons. The van der Waals surface area contributed by atoms with E-state index in [9.17, 15) is 4.79 Å². The predicted octanol–water partition coefficient (Wildman–Crippen LogP) is 2.68. The van der Waals surface area contributed by atoms with Gasteiger partial charge in [-0.05, 0) is 25.0 Å². The van der Waals surface area contributed by atoms with E-state index in [1.165, 1.54) is 0 Å². The Morgan fingerprint density at radius 3 is 2.88 bits per heavy atom. The predicted molar refractivity (Wildman–Crippen MR) is 65.7 cm³/mol. The van der Waals surface area contributed by atoms with Gasteiger partial charge in [0.05, 0.1) is 0 Å². The van der Waals surface area contributed by atoms with Crippen LogP contribution in [0.25, 0.3) is 0 Å². The third-order valence-corrected chi connectivity index (χ3v) is 2.90. The maximum atomic E-state index is 12.1. The standard InChI is InChI=1S/C13H11ClN2O/c14-10-4-1-3-9(7-10)13(17)11(8-15)12-5-2-6-16-12/h1,3-4,7,16H,2,5-6H2/b12-11+. The van der Waals surface area contributed by atoms with Gasteiger partial charge in [-0.2, -0.15) is 5.26 Å². The van der Waals surface area contributed by atoms with Crippen LogP contribution in [0.5, 0.6) is 0 Å². The van der Waals surface area contributed by atoms with Gasteiger partial charge in [0.15, 0.2) is 0 Å². The summed E-state index contributed by atoms with van der Waals surface area (Å²) in [4.78, 5) is 12.1. The molecule has 1 heterocycles. The zero-order chi connectivity index (χ0) is 12.3. The summed E-state index contributed by atoms with van der Waals surface area (Å²) in [5.74, 6) is -0.264. The maximum absolute atomic E-state index is 12.1. The van der Waals surface area contributed by atoms with Gasteiger partial charge < -0.3 is 5.32 Å². The van der Waals surface area contributed by atoms with E-state index >= 15 is 0 Å². The van der Waals surface area contributed by atoms with Crippen molar-refractivity contribution in [3.8, 4) is 6.07 Å². The molecule has 1 aliphatic rings. The first-order valence-corrected chi connectivity index (χ1v) is 5.77. The number of rotatable bonds is 2. The van der Waals surface area contributed by atoms with E-state index < -0.39 is 0 Å². The number of hydrogen-bond acceptors (Lipinski definition) is 3. The van der Waals surface area contributed by atoms with Crippen molar-refractivity contribution in [2.24, 2.45) is 0 Å². The van der Waals surface area contributed by atoms with Crippen molar-refractivity contribution in [2.45, 2.75) is 12.8 Å². The molecule has 0 unspecified atom stereocenters. The van der Waals surface area contributed by atoms with Crippen LogP contribution in [0.3, 0.4) is 0 Å². The summed E-state index contributed by atoms with van der Waals surface area (Å²) in [5.41, 5.74) is 1.40. The number of ketones is 1. The van der Waals surface area contributed by atoms with Gasteiger partial charge in [-0.25, -0.2) is 0 Å². The number of Topliss-reactive ketones (excluding diaryl/α,β-unsaturated/α-hetero) is 1. The topological polar surface area (TPSA) is 52.9 Å². The van der Waals surface area contributed by atoms with Crippen LogP contribution in [-0.4, -0.2) is 12.3 Å². The molecule has 1 fully saturated rings. The molecule has 1 aromatic rings. The second-order valence-electron chi connectivity index (χ2n) is 3.84. The summed E-state index contributed by atoms with van der Waals surface area (Å²) in [6, 6.07) is 8.64. The van der Waals surface area contributed by atoms with E-state index in [0.29, 0.717) is 10.6 Å². The van der Waals surface area contributed by atoms with E-state index in [-0.39, 0.29) is 11.4 Å². The number of carbonyl (C=O) groups excluding carboxylic acids is 1. The number of hydrogen-bond donors (Lipinski definition) is 1. The highest BCUT2D eigenvalue weighted by Gasteiger charge is 2.19. The van der Waals surface area contributed by atoms with Crippen LogP contribution in [0, 0.1) is 11.3 Å². The average Bonchev–Trinajstić information content (AvgIpc) is 2.83. The van der Waals surface area contributed by atoms with Crippen LogP contribution in [0.4, 0.5) is 0 Å². The molecule has 0 aliphatic carbocycles. The van der Waals surface area contributed by atoms with Crippen LogP contribution >= 0.6 is 11.6 Å². The fraction of sp³-hybridized carbons (Fsp3) is 0.231. The molecule has 1 aromatic carbocycles. The van der Waals surface area contributed by atoms with Gasteiger partial charge in [0.2, 0.25) is 5.78 Å². The van der Waals surface area contributed by atoms with Gasteiger partial charge in [-0.3, -0.25) is 4.79 Å². The third-order valence-electron chi connectivity index (χ3n) is 2.67. The minimum absolute atomic E-state index is 0.199. The molecule has 1 aliphatic heterocycles. The minimum Gasteiger partial charge on any atom is -0.387 e. The molecule has 17 heavy (non-hydrogen) atoms. The lowest BCUT2D eigenvalue weighted by atomic mass is 10.0. The van der Waals surface area contributed by atoms with Gasteiger partial charge in [0.1, 0.15) is 11.6 Å². The van der Waals surface area contributed by atoms with Crippen molar-refractivity contribution in [1.82, 2.24) is 5.32 Å². The Morgan fingerprint density at radius 2 is 2.29 bits per heavy atom. The quantitative estimate of drug-likeness (QED) is 0.496. The van der Waals surface area contributed by atoms with Crippen molar-refractivity contribution in [1.29, 1.82) is 5.26 Å². The van der Waals surface area contributed by atoms with Crippen LogP contribution in [0.1, 0.15) is 23.2 Å². The van der Waals surface area contributed by atoms with Crippen LogP contribution < -0.4 is 5.32 Å². The minimum atomic E-state index is -0.264. The van der Waals surface area contributed by atoms with Gasteiger partial charge >= 0.3 is 0 Å². The van der Waals surface area contributed by atoms with Crippen molar-refractivity contribution < 1.29 is 4.79 Å². The van der Waals surface area contributed by atoms with Gasteiger partial charge in [0, 0.05) is 22.8 Å². The Kier molecular flexibility index (Phi) is 3.46. The van der Waals surface area contributed by atoms with Crippen molar-refractivity contribution in [3.63, 3.8) is 0 Å². The molecular formula is C13H11ClN2O. The van der Waals surface area contributed by atoms with Crippen molar-refractivity contribution >= 4 is 17.4 Å². The number of halogens is 1. The fourth-order valence-electron chi connectivity index (χ4n) is 1.84. The summed E-state index contributed by atoms with van der Waals surface area (Å²) < 4.78 is 0. The average molecular weight is 247 g/mol. The molecule has 0 aromatic heterocycles. The molecule has 1 N–H and O–H groups in total. The molecule has 0 bridgehead atoms. The molecule has 0 radical (unpaired) electrons. The Labute approximate surface area is 105 Å². The van der Waals surface area contributed by atoms with Crippen LogP contribution in [-0.2, 0) is 0 Å². The van der Waals surface area contributed by atoms with E-state index in [2.05, 4.69) is 5.32 Å². The van der Waals surface area contributed by atoms with Crippen LogP contribution in [0.15, 0.2) is 35.5 Å². The molecular weight excluding hydrogens is 236 g/mol. The first-order chi connectivity index (χ1) is 8.22. The number of allylic oxidation sites excluding steroid dienone is 2. The van der Waals surface area contributed by atoms with Crippen LogP contribution in [0.2, 0.25) is 5.02 Å². The highest BCUT2D eigenvalue weighted by molar-refractivity contribution is 6.31. The second-order valence-corrected chi connectivity index (χ2v) is 4.27. The summed E-state index contributed by atoms with van der Waals surface area (Å²) in [5, 5.41) is 12.7. The summed E-state index contributed by atoms with van der Waals surface area (Å²) >= 11 is 5.83. The highest BCUT2D eigenvalue weighted by atomic mass is 35.5. The molecule has 4 heteroatoms. The molecule has 2 rings (SSSR count). The fourth-order valence-corrected chi connectivity index (χ4v) is 2.03. The van der Waals surface area contributed by atoms with Gasteiger partial charge in [0.25, 0.3) is 0 Å². The van der Waals surface area contributed by atoms with E-state index in [1.807, 2.05) is 6.07 Å². The number of nitrogens with one attached hydrogen (secondary N) is 1. The van der Waals surface area contributed by atoms with Crippen molar-refractivity contribution in [3.05, 3.63) is 46.1 Å². The Balaban J connectivity index is 2.37. The first kappa shape index (κ1) is 11.7. The largest absolute Gasteiger partial charge is 0.387 e. The number of carbonyl (C=O) groups is 1. The monoisotopic (exact) mass is 246 g/mol. The normalized spacial score (nSPS) is 17.2. The molecule has 1 saturated heterocycles. The van der Waals surface area contributed by atoms with Crippen molar-refractivity contribution in [2.75, 3.05) is 6.54 Å². The molecule has 3 nitrogen and oxygen atoms in total. The highest BCUT2D eigenvalue weighted by Crippen LogP contribution is 2.19. The molecule has 0 atom stereocenters. The molecule has 0 saturated carbocycles. The second kappa shape index (κ2) is 5.03. The number of nitrogens with zero attached hydrogens (tertiary/aromatic N) is 1. The zero-order valence-electron chi connectivity index (χ0n) is 9.16. The number of benzene rings is 1. The Morgan fingerprint density at radius 1 is 1.47 bits per heavy atom. The van der Waals surface area contributed by atoms with E-state index in [4.69, 9.17) is 16.9 Å². The lowest BCUT2D eigenvalue weighted by Crippen LogP contribution is -2.12. The third kappa shape index (κ3) is 2.48. The Hall–Kier alpha value is -1.79. The smallest absolute Gasteiger partial charge is 0.205 e. The van der Waals surface area contributed by atoms with E-state index in [1.54, 1.807) is 24.3 Å². The van der Waals surface area contributed by atoms with E-state index in [0.717, 1.165) is 25.1 Å². The first-order valence-electron chi connectivity index (χ1n) is 5.40. The zero-order valence-corrected chi connectivity index (χ0v) is 9.92. The molecule has 0 amide bonds. The molecule has 0 spiro atoms. The summed E-state index contributed by atoms with van der Waals surface area (Å²) in [7, 11) is 0. The maximum Gasteiger partial charge on any atom is 0.205 e.